The number of hydrogen-bond donors (Lipinski definition) is 1. The topological polar surface area (TPSA) is 24.9 Å². The van der Waals surface area contributed by atoms with Gasteiger partial charge in [-0.15, -0.1) is 0 Å². The third-order valence-electron chi connectivity index (χ3n) is 4.06. The Hall–Kier alpha value is -1.83. The molecule has 0 fully saturated rings. The lowest BCUT2D eigenvalue weighted by Gasteiger charge is -2.27. The fourth-order valence-corrected chi connectivity index (χ4v) is 3.09. The molecule has 3 rings (SSSR count). The van der Waals surface area contributed by atoms with Gasteiger partial charge in [0.15, 0.2) is 0 Å². The highest BCUT2D eigenvalue weighted by Gasteiger charge is 2.21. The van der Waals surface area contributed by atoms with Gasteiger partial charge in [0.25, 0.3) is 0 Å². The summed E-state index contributed by atoms with van der Waals surface area (Å²) in [5.74, 6) is 0. The van der Waals surface area contributed by atoms with E-state index in [4.69, 9.17) is 0 Å². The van der Waals surface area contributed by atoms with Gasteiger partial charge in [-0.25, -0.2) is 0 Å². The average molecular weight is 266 g/mol. The number of aryl methyl sites for hydroxylation is 2. The number of fused-ring (bicyclic) bond motifs is 1. The zero-order chi connectivity index (χ0) is 13.8. The normalized spacial score (nSPS) is 17.6. The first kappa shape index (κ1) is 13.2. The summed E-state index contributed by atoms with van der Waals surface area (Å²) in [6.07, 6.45) is 7.80. The molecule has 0 amide bonds. The molecule has 1 aromatic carbocycles. The molecule has 2 aromatic rings. The van der Waals surface area contributed by atoms with E-state index in [1.165, 1.54) is 41.8 Å². The summed E-state index contributed by atoms with van der Waals surface area (Å²) in [6, 6.07) is 13.3. The Morgan fingerprint density at radius 1 is 1.20 bits per heavy atom. The van der Waals surface area contributed by atoms with E-state index in [2.05, 4.69) is 47.6 Å². The van der Waals surface area contributed by atoms with Crippen LogP contribution in [-0.2, 0) is 12.8 Å². The number of aromatic nitrogens is 1. The lowest BCUT2D eigenvalue weighted by Crippen LogP contribution is -2.19. The Bertz CT molecular complexity index is 577. The maximum absolute atomic E-state index is 4.61. The van der Waals surface area contributed by atoms with E-state index in [9.17, 15) is 0 Å². The van der Waals surface area contributed by atoms with Gasteiger partial charge < -0.3 is 5.32 Å². The Labute approximate surface area is 121 Å². The van der Waals surface area contributed by atoms with Crippen molar-refractivity contribution in [3.8, 4) is 0 Å². The van der Waals surface area contributed by atoms with Crippen LogP contribution in [0.4, 0.5) is 5.69 Å². The first-order valence-corrected chi connectivity index (χ1v) is 7.66. The van der Waals surface area contributed by atoms with Gasteiger partial charge in [-0.2, -0.15) is 0 Å². The minimum absolute atomic E-state index is 0.359. The molecular weight excluding hydrogens is 244 g/mol. The lowest BCUT2D eigenvalue weighted by molar-refractivity contribution is 0.583. The maximum atomic E-state index is 4.61. The molecule has 1 aliphatic carbocycles. The minimum atomic E-state index is 0.359. The SMILES string of the molecule is CCCc1ccccc1NC1CCCc2cccnc21. The van der Waals surface area contributed by atoms with E-state index in [-0.39, 0.29) is 0 Å². The van der Waals surface area contributed by atoms with Gasteiger partial charge in [0.05, 0.1) is 11.7 Å². The molecule has 0 saturated carbocycles. The predicted molar refractivity (Wildman–Crippen MR) is 84.0 cm³/mol. The zero-order valence-electron chi connectivity index (χ0n) is 12.1. The standard InChI is InChI=1S/C18H22N2/c1-2-7-14-8-3-4-11-16(14)20-17-12-5-9-15-10-6-13-19-18(15)17/h3-4,6,8,10-11,13,17,20H,2,5,7,9,12H2,1H3. The molecule has 0 saturated heterocycles. The van der Waals surface area contributed by atoms with Gasteiger partial charge in [-0.1, -0.05) is 37.6 Å². The van der Waals surface area contributed by atoms with Gasteiger partial charge in [-0.3, -0.25) is 4.98 Å². The van der Waals surface area contributed by atoms with Crippen LogP contribution in [0.1, 0.15) is 49.0 Å². The van der Waals surface area contributed by atoms with Crippen LogP contribution >= 0.6 is 0 Å². The lowest BCUT2D eigenvalue weighted by atomic mass is 9.91. The molecule has 0 bridgehead atoms. The molecule has 0 spiro atoms. The second-order valence-electron chi connectivity index (χ2n) is 5.54. The van der Waals surface area contributed by atoms with E-state index >= 15 is 0 Å². The van der Waals surface area contributed by atoms with E-state index in [0.29, 0.717) is 6.04 Å². The predicted octanol–water partition coefficient (Wildman–Crippen LogP) is 4.52. The summed E-state index contributed by atoms with van der Waals surface area (Å²) in [6.45, 7) is 2.23. The summed E-state index contributed by atoms with van der Waals surface area (Å²) >= 11 is 0. The highest BCUT2D eigenvalue weighted by molar-refractivity contribution is 5.53. The molecule has 1 unspecified atom stereocenters. The molecule has 1 atom stereocenters. The molecular formula is C18H22N2. The molecule has 20 heavy (non-hydrogen) atoms. The van der Waals surface area contributed by atoms with Crippen molar-refractivity contribution in [3.05, 3.63) is 59.4 Å². The number of hydrogen-bond acceptors (Lipinski definition) is 2. The van der Waals surface area contributed by atoms with E-state index < -0.39 is 0 Å². The molecule has 1 heterocycles. The molecule has 1 aromatic heterocycles. The molecule has 0 radical (unpaired) electrons. The van der Waals surface area contributed by atoms with Crippen LogP contribution in [0.2, 0.25) is 0 Å². The molecule has 1 aliphatic rings. The Balaban J connectivity index is 1.86. The van der Waals surface area contributed by atoms with Crippen LogP contribution in [0.15, 0.2) is 42.6 Å². The largest absolute Gasteiger partial charge is 0.376 e. The van der Waals surface area contributed by atoms with Crippen molar-refractivity contribution in [2.75, 3.05) is 5.32 Å². The first-order valence-electron chi connectivity index (χ1n) is 7.66. The third-order valence-corrected chi connectivity index (χ3v) is 4.06. The van der Waals surface area contributed by atoms with Crippen LogP contribution in [-0.4, -0.2) is 4.98 Å². The Kier molecular flexibility index (Phi) is 4.00. The van der Waals surface area contributed by atoms with Crippen molar-refractivity contribution in [1.82, 2.24) is 4.98 Å². The van der Waals surface area contributed by atoms with E-state index in [1.807, 2.05) is 12.3 Å². The molecule has 104 valence electrons. The number of rotatable bonds is 4. The number of nitrogens with one attached hydrogen (secondary N) is 1. The van der Waals surface area contributed by atoms with Crippen molar-refractivity contribution in [2.24, 2.45) is 0 Å². The molecule has 0 aliphatic heterocycles. The highest BCUT2D eigenvalue weighted by atomic mass is 15.0. The maximum Gasteiger partial charge on any atom is 0.0688 e. The van der Waals surface area contributed by atoms with Crippen molar-refractivity contribution >= 4 is 5.69 Å². The summed E-state index contributed by atoms with van der Waals surface area (Å²) < 4.78 is 0. The fraction of sp³-hybridized carbons (Fsp3) is 0.389. The van der Waals surface area contributed by atoms with Crippen LogP contribution in [0.25, 0.3) is 0 Å². The average Bonchev–Trinajstić information content (AvgIpc) is 2.50. The quantitative estimate of drug-likeness (QED) is 0.879. The van der Waals surface area contributed by atoms with Gasteiger partial charge in [-0.05, 0) is 48.9 Å². The second kappa shape index (κ2) is 6.08. The second-order valence-corrected chi connectivity index (χ2v) is 5.54. The number of pyridine rings is 1. The van der Waals surface area contributed by atoms with Crippen LogP contribution in [0, 0.1) is 0 Å². The summed E-state index contributed by atoms with van der Waals surface area (Å²) in [7, 11) is 0. The van der Waals surface area contributed by atoms with Gasteiger partial charge in [0, 0.05) is 11.9 Å². The fourth-order valence-electron chi connectivity index (χ4n) is 3.09. The number of benzene rings is 1. The van der Waals surface area contributed by atoms with E-state index in [1.54, 1.807) is 0 Å². The summed E-state index contributed by atoms with van der Waals surface area (Å²) in [5, 5.41) is 3.73. The number of para-hydroxylation sites is 1. The van der Waals surface area contributed by atoms with Crippen LogP contribution in [0.5, 0.6) is 0 Å². The number of nitrogens with zero attached hydrogens (tertiary/aromatic N) is 1. The third kappa shape index (κ3) is 2.69. The van der Waals surface area contributed by atoms with Crippen LogP contribution in [0.3, 0.4) is 0 Å². The first-order chi connectivity index (χ1) is 9.88. The zero-order valence-corrected chi connectivity index (χ0v) is 12.1. The molecule has 1 N–H and O–H groups in total. The van der Waals surface area contributed by atoms with Crippen molar-refractivity contribution < 1.29 is 0 Å². The highest BCUT2D eigenvalue weighted by Crippen LogP contribution is 2.32. The number of anilines is 1. The van der Waals surface area contributed by atoms with E-state index in [0.717, 1.165) is 12.8 Å². The Morgan fingerprint density at radius 3 is 3.00 bits per heavy atom. The smallest absolute Gasteiger partial charge is 0.0688 e. The van der Waals surface area contributed by atoms with Gasteiger partial charge in [0.1, 0.15) is 0 Å². The summed E-state index contributed by atoms with van der Waals surface area (Å²) in [4.78, 5) is 4.61. The van der Waals surface area contributed by atoms with Gasteiger partial charge in [0.2, 0.25) is 0 Å². The molecule has 2 heteroatoms. The van der Waals surface area contributed by atoms with Crippen molar-refractivity contribution in [1.29, 1.82) is 0 Å². The van der Waals surface area contributed by atoms with Crippen molar-refractivity contribution in [2.45, 2.75) is 45.1 Å². The van der Waals surface area contributed by atoms with Gasteiger partial charge >= 0.3 is 0 Å². The monoisotopic (exact) mass is 266 g/mol. The van der Waals surface area contributed by atoms with Crippen molar-refractivity contribution in [3.63, 3.8) is 0 Å². The Morgan fingerprint density at radius 2 is 2.10 bits per heavy atom. The molecule has 2 nitrogen and oxygen atoms in total. The minimum Gasteiger partial charge on any atom is -0.376 e. The van der Waals surface area contributed by atoms with Crippen LogP contribution < -0.4 is 5.32 Å². The summed E-state index contributed by atoms with van der Waals surface area (Å²) in [5.41, 5.74) is 5.34.